The molecule has 26 valence electrons. The summed E-state index contributed by atoms with van der Waals surface area (Å²) in [6, 6.07) is 0. The van der Waals surface area contributed by atoms with Crippen LogP contribution in [0.3, 0.4) is 0 Å². The van der Waals surface area contributed by atoms with Crippen molar-refractivity contribution in [2.75, 3.05) is 0 Å². The third-order valence-corrected chi connectivity index (χ3v) is 0. The molecule has 0 bridgehead atoms. The summed E-state index contributed by atoms with van der Waals surface area (Å²) in [5.41, 5.74) is 0. The Morgan fingerprint density at radius 2 is 0.750 bits per heavy atom. The third kappa shape index (κ3) is 10.1. The van der Waals surface area contributed by atoms with E-state index in [9.17, 15) is 0 Å². The fourth-order valence-electron chi connectivity index (χ4n) is 0. The molecule has 0 saturated heterocycles. The molecule has 2 radical (unpaired) electrons. The Labute approximate surface area is 56.1 Å². The molecule has 0 fully saturated rings. The van der Waals surface area contributed by atoms with E-state index in [4.69, 9.17) is 0 Å². The molecule has 0 saturated carbocycles. The van der Waals surface area contributed by atoms with Gasteiger partial charge < -0.3 is 24.8 Å². The molecule has 0 N–H and O–H groups in total. The minimum atomic E-state index is 0. The molecule has 0 aromatic heterocycles. The van der Waals surface area contributed by atoms with Crippen LogP contribution in [0, 0.1) is 0 Å². The summed E-state index contributed by atoms with van der Waals surface area (Å²) in [6.07, 6.45) is 0. The molecular formula is CH4Cl2Sn. The van der Waals surface area contributed by atoms with Crippen LogP contribution in [0.25, 0.3) is 0 Å². The maximum atomic E-state index is 0. The molecule has 0 spiro atoms. The maximum Gasteiger partial charge on any atom is 2.00 e. The largest absolute Gasteiger partial charge is 2.00 e. The number of hydrogen-bond acceptors (Lipinski definition) is 0. The van der Waals surface area contributed by atoms with Crippen molar-refractivity contribution in [3.63, 3.8) is 0 Å². The zero-order valence-corrected chi connectivity index (χ0v) is 5.62. The van der Waals surface area contributed by atoms with Gasteiger partial charge in [0.05, 0.1) is 0 Å². The Kier molecular flexibility index (Phi) is 357. The van der Waals surface area contributed by atoms with E-state index in [1.165, 1.54) is 0 Å². The molecule has 0 heterocycles. The molecule has 0 aliphatic heterocycles. The van der Waals surface area contributed by atoms with Crippen molar-refractivity contribution in [3.8, 4) is 0 Å². The fourth-order valence-corrected chi connectivity index (χ4v) is 0. The van der Waals surface area contributed by atoms with Crippen molar-refractivity contribution in [2.24, 2.45) is 0 Å². The summed E-state index contributed by atoms with van der Waals surface area (Å²) in [5, 5.41) is 0. The van der Waals surface area contributed by atoms with E-state index in [1.54, 1.807) is 0 Å². The van der Waals surface area contributed by atoms with Crippen molar-refractivity contribution in [1.82, 2.24) is 0 Å². The standard InChI is InChI=1S/CH4.2ClH.Sn/h1H4;2*1H;/q;;;+2/p-2. The van der Waals surface area contributed by atoms with E-state index in [0.29, 0.717) is 0 Å². The molecule has 4 heavy (non-hydrogen) atoms. The average Bonchev–Trinajstić information content (AvgIpc) is 0. The van der Waals surface area contributed by atoms with Gasteiger partial charge in [0.2, 0.25) is 0 Å². The fraction of sp³-hybridized carbons (Fsp3) is 1.00. The van der Waals surface area contributed by atoms with Gasteiger partial charge in [0, 0.05) is 0 Å². The predicted molar refractivity (Wildman–Crippen MR) is 12.5 cm³/mol. The maximum absolute atomic E-state index is 0. The first-order chi connectivity index (χ1) is 0. The van der Waals surface area contributed by atoms with Crippen molar-refractivity contribution in [1.29, 1.82) is 0 Å². The zero-order valence-electron chi connectivity index (χ0n) is 1.26. The van der Waals surface area contributed by atoms with Crippen LogP contribution in [0.15, 0.2) is 0 Å². The smallest absolute Gasteiger partial charge is 1.00 e. The van der Waals surface area contributed by atoms with Crippen molar-refractivity contribution < 1.29 is 24.8 Å². The van der Waals surface area contributed by atoms with Gasteiger partial charge in [0.25, 0.3) is 0 Å². The minimum absolute atomic E-state index is 0. The summed E-state index contributed by atoms with van der Waals surface area (Å²) in [7, 11) is 0. The van der Waals surface area contributed by atoms with Crippen LogP contribution in [0.4, 0.5) is 0 Å². The van der Waals surface area contributed by atoms with Crippen LogP contribution >= 0.6 is 0 Å². The van der Waals surface area contributed by atoms with E-state index < -0.39 is 0 Å². The van der Waals surface area contributed by atoms with Crippen molar-refractivity contribution >= 4 is 23.9 Å². The molecule has 0 atom stereocenters. The van der Waals surface area contributed by atoms with E-state index in [1.807, 2.05) is 0 Å². The number of rotatable bonds is 0. The quantitative estimate of drug-likeness (QED) is 0.346. The first-order valence-electron chi connectivity index (χ1n) is 0. The summed E-state index contributed by atoms with van der Waals surface area (Å²) in [4.78, 5) is 0. The molecule has 0 rings (SSSR count). The van der Waals surface area contributed by atoms with Gasteiger partial charge in [-0.05, 0) is 0 Å². The normalized spacial score (nSPS) is 0. The summed E-state index contributed by atoms with van der Waals surface area (Å²) < 4.78 is 0. The van der Waals surface area contributed by atoms with E-state index in [2.05, 4.69) is 0 Å². The van der Waals surface area contributed by atoms with E-state index in [0.717, 1.165) is 0 Å². The predicted octanol–water partition coefficient (Wildman–Crippen LogP) is -5.74. The van der Waals surface area contributed by atoms with Crippen LogP contribution in [0.5, 0.6) is 0 Å². The first kappa shape index (κ1) is 54.3. The molecule has 0 amide bonds. The molecule has 3 heteroatoms. The number of halogens is 2. The number of hydrogen-bond donors (Lipinski definition) is 0. The molecule has 0 aromatic rings. The molecule has 0 aliphatic carbocycles. The second-order valence-electron chi connectivity index (χ2n) is 0. The second-order valence-corrected chi connectivity index (χ2v) is 0. The van der Waals surface area contributed by atoms with Gasteiger partial charge in [-0.15, -0.1) is 0 Å². The first-order valence-corrected chi connectivity index (χ1v) is 0. The summed E-state index contributed by atoms with van der Waals surface area (Å²) in [5.74, 6) is 0. The Balaban J connectivity index is 0. The Morgan fingerprint density at radius 1 is 0.750 bits per heavy atom. The third-order valence-electron chi connectivity index (χ3n) is 0. The van der Waals surface area contributed by atoms with Crippen LogP contribution in [-0.4, -0.2) is 23.9 Å². The van der Waals surface area contributed by atoms with Crippen molar-refractivity contribution in [2.45, 2.75) is 7.43 Å². The Hall–Kier alpha value is 1.38. The topological polar surface area (TPSA) is 0 Å². The molecular weight excluding hydrogens is 202 g/mol. The van der Waals surface area contributed by atoms with Crippen LogP contribution in [-0.2, 0) is 0 Å². The monoisotopic (exact) mass is 206 g/mol. The zero-order chi connectivity index (χ0) is 0. The van der Waals surface area contributed by atoms with Crippen LogP contribution in [0.1, 0.15) is 7.43 Å². The average molecular weight is 206 g/mol. The minimum Gasteiger partial charge on any atom is -1.00 e. The summed E-state index contributed by atoms with van der Waals surface area (Å²) >= 11 is 0. The Morgan fingerprint density at radius 3 is 0.750 bits per heavy atom. The van der Waals surface area contributed by atoms with Gasteiger partial charge in [-0.2, -0.15) is 0 Å². The van der Waals surface area contributed by atoms with Gasteiger partial charge in [0.15, 0.2) is 0 Å². The van der Waals surface area contributed by atoms with Gasteiger partial charge in [0.1, 0.15) is 0 Å². The SMILES string of the molecule is C.[Cl-].[Cl-].[Sn+2]. The molecule has 0 aromatic carbocycles. The van der Waals surface area contributed by atoms with Gasteiger partial charge >= 0.3 is 23.9 Å². The van der Waals surface area contributed by atoms with E-state index in [-0.39, 0.29) is 56.1 Å². The van der Waals surface area contributed by atoms with Gasteiger partial charge in [-0.3, -0.25) is 0 Å². The van der Waals surface area contributed by atoms with Gasteiger partial charge in [-0.25, -0.2) is 0 Å². The molecule has 0 aliphatic rings. The summed E-state index contributed by atoms with van der Waals surface area (Å²) in [6.45, 7) is 0. The second kappa shape index (κ2) is 26.3. The van der Waals surface area contributed by atoms with Crippen LogP contribution in [0.2, 0.25) is 0 Å². The van der Waals surface area contributed by atoms with E-state index >= 15 is 0 Å². The van der Waals surface area contributed by atoms with Crippen LogP contribution < -0.4 is 24.8 Å². The Bertz CT molecular complexity index is 6.00. The van der Waals surface area contributed by atoms with Gasteiger partial charge in [-0.1, -0.05) is 7.43 Å². The molecule has 0 nitrogen and oxygen atoms in total. The van der Waals surface area contributed by atoms with Crippen molar-refractivity contribution in [3.05, 3.63) is 0 Å². The molecule has 0 unspecified atom stereocenters.